The van der Waals surface area contributed by atoms with E-state index < -0.39 is 17.7 Å². The van der Waals surface area contributed by atoms with E-state index in [4.69, 9.17) is 10.00 Å². The third kappa shape index (κ3) is 2.79. The van der Waals surface area contributed by atoms with Crippen LogP contribution >= 0.6 is 15.9 Å². The summed E-state index contributed by atoms with van der Waals surface area (Å²) in [6.07, 6.45) is 1.02. The molecule has 1 aliphatic rings. The molecule has 2 atom stereocenters. The third-order valence-electron chi connectivity index (χ3n) is 3.24. The molecule has 5 nitrogen and oxygen atoms in total. The van der Waals surface area contributed by atoms with Crippen molar-refractivity contribution in [1.82, 2.24) is 5.32 Å². The Balaban J connectivity index is 2.51. The van der Waals surface area contributed by atoms with Crippen molar-refractivity contribution < 1.29 is 9.84 Å². The van der Waals surface area contributed by atoms with Crippen molar-refractivity contribution in [2.75, 3.05) is 0 Å². The Morgan fingerprint density at radius 2 is 2.25 bits per heavy atom. The SMILES string of the molecule is CC(=N[C@@H]1c2cc(Br)ccc2OC(C)(C)[C@H]1O)NC#N. The van der Waals surface area contributed by atoms with Gasteiger partial charge in [-0.15, -0.1) is 0 Å². The number of nitrogens with zero attached hydrogens (tertiary/aromatic N) is 2. The highest BCUT2D eigenvalue weighted by molar-refractivity contribution is 9.10. The zero-order valence-electron chi connectivity index (χ0n) is 11.5. The van der Waals surface area contributed by atoms with Gasteiger partial charge in [0.25, 0.3) is 0 Å². The molecule has 106 valence electrons. The number of fused-ring (bicyclic) bond motifs is 1. The number of nitriles is 1. The number of halogens is 1. The summed E-state index contributed by atoms with van der Waals surface area (Å²) in [5, 5.41) is 21.6. The van der Waals surface area contributed by atoms with Crippen LogP contribution in [0.4, 0.5) is 0 Å². The fourth-order valence-corrected chi connectivity index (χ4v) is 2.58. The average Bonchev–Trinajstić information content (AvgIpc) is 2.36. The van der Waals surface area contributed by atoms with Crippen LogP contribution < -0.4 is 10.1 Å². The summed E-state index contributed by atoms with van der Waals surface area (Å²) < 4.78 is 6.72. The Bertz CT molecular complexity index is 593. The number of hydrogen-bond acceptors (Lipinski definition) is 4. The molecule has 2 rings (SSSR count). The Hall–Kier alpha value is -1.58. The van der Waals surface area contributed by atoms with Crippen molar-refractivity contribution in [3.8, 4) is 11.9 Å². The van der Waals surface area contributed by atoms with E-state index in [1.165, 1.54) is 0 Å². The minimum Gasteiger partial charge on any atom is -0.485 e. The number of aliphatic imine (C=N–C) groups is 1. The summed E-state index contributed by atoms with van der Waals surface area (Å²) in [4.78, 5) is 4.42. The highest BCUT2D eigenvalue weighted by Gasteiger charge is 2.43. The molecule has 0 saturated carbocycles. The highest BCUT2D eigenvalue weighted by Crippen LogP contribution is 2.42. The van der Waals surface area contributed by atoms with Gasteiger partial charge in [0.1, 0.15) is 29.3 Å². The molecule has 0 saturated heterocycles. The van der Waals surface area contributed by atoms with Crippen LogP contribution in [-0.4, -0.2) is 22.6 Å². The van der Waals surface area contributed by atoms with Crippen molar-refractivity contribution in [3.63, 3.8) is 0 Å². The molecule has 20 heavy (non-hydrogen) atoms. The fraction of sp³-hybridized carbons (Fsp3) is 0.429. The Morgan fingerprint density at radius 3 is 2.90 bits per heavy atom. The molecule has 2 N–H and O–H groups in total. The lowest BCUT2D eigenvalue weighted by Gasteiger charge is -2.40. The Morgan fingerprint density at radius 1 is 1.55 bits per heavy atom. The van der Waals surface area contributed by atoms with E-state index in [0.29, 0.717) is 11.6 Å². The summed E-state index contributed by atoms with van der Waals surface area (Å²) in [7, 11) is 0. The van der Waals surface area contributed by atoms with E-state index in [0.717, 1.165) is 10.0 Å². The van der Waals surface area contributed by atoms with Crippen LogP contribution in [0.15, 0.2) is 27.7 Å². The molecule has 0 aliphatic carbocycles. The smallest absolute Gasteiger partial charge is 0.182 e. The van der Waals surface area contributed by atoms with Gasteiger partial charge in [-0.3, -0.25) is 10.3 Å². The predicted octanol–water partition coefficient (Wildman–Crippen LogP) is 2.51. The molecule has 1 aliphatic heterocycles. The molecule has 6 heteroatoms. The van der Waals surface area contributed by atoms with Gasteiger partial charge in [-0.25, -0.2) is 0 Å². The van der Waals surface area contributed by atoms with Crippen LogP contribution in [0.2, 0.25) is 0 Å². The molecule has 1 aromatic rings. The van der Waals surface area contributed by atoms with Crippen LogP contribution in [0.3, 0.4) is 0 Å². The van der Waals surface area contributed by atoms with Crippen LogP contribution in [0.5, 0.6) is 5.75 Å². The standard InChI is InChI=1S/C14H16BrN3O2/c1-8(17-7-16)18-12-10-6-9(15)4-5-11(10)20-14(2,3)13(12)19/h4-6,12-13,19H,1-3H3,(H,17,18)/t12-,13+/m1/s1. The molecule has 0 unspecified atom stereocenters. The van der Waals surface area contributed by atoms with Crippen molar-refractivity contribution in [3.05, 3.63) is 28.2 Å². The summed E-state index contributed by atoms with van der Waals surface area (Å²) in [5.41, 5.74) is 0.0485. The van der Waals surface area contributed by atoms with Crippen molar-refractivity contribution in [1.29, 1.82) is 5.26 Å². The van der Waals surface area contributed by atoms with Crippen LogP contribution in [0, 0.1) is 11.5 Å². The van der Waals surface area contributed by atoms with Gasteiger partial charge in [-0.05, 0) is 39.0 Å². The first-order chi connectivity index (χ1) is 9.35. The summed E-state index contributed by atoms with van der Waals surface area (Å²) in [6, 6.07) is 5.13. The third-order valence-corrected chi connectivity index (χ3v) is 3.74. The zero-order chi connectivity index (χ0) is 14.9. The maximum atomic E-state index is 10.5. The first-order valence-electron chi connectivity index (χ1n) is 6.21. The molecule has 0 fully saturated rings. The monoisotopic (exact) mass is 337 g/mol. The molecular weight excluding hydrogens is 322 g/mol. The van der Waals surface area contributed by atoms with E-state index in [1.54, 1.807) is 6.92 Å². The van der Waals surface area contributed by atoms with E-state index in [2.05, 4.69) is 26.2 Å². The summed E-state index contributed by atoms with van der Waals surface area (Å²) in [6.45, 7) is 5.33. The van der Waals surface area contributed by atoms with E-state index in [1.807, 2.05) is 38.2 Å². The molecule has 0 amide bonds. The van der Waals surface area contributed by atoms with Crippen molar-refractivity contribution in [2.24, 2.45) is 4.99 Å². The lowest BCUT2D eigenvalue weighted by molar-refractivity contribution is -0.0567. The topological polar surface area (TPSA) is 77.6 Å². The molecule has 0 aromatic heterocycles. The van der Waals surface area contributed by atoms with Gasteiger partial charge in [0.2, 0.25) is 0 Å². The summed E-state index contributed by atoms with van der Waals surface area (Å²) >= 11 is 3.41. The minimum absolute atomic E-state index is 0.458. The predicted molar refractivity (Wildman–Crippen MR) is 79.5 cm³/mol. The first kappa shape index (κ1) is 14.8. The average molecular weight is 338 g/mol. The van der Waals surface area contributed by atoms with Gasteiger partial charge in [-0.1, -0.05) is 15.9 Å². The van der Waals surface area contributed by atoms with Crippen molar-refractivity contribution in [2.45, 2.75) is 38.5 Å². The highest BCUT2D eigenvalue weighted by atomic mass is 79.9. The van der Waals surface area contributed by atoms with Gasteiger partial charge < -0.3 is 9.84 Å². The molecule has 1 heterocycles. The molecule has 0 bridgehead atoms. The van der Waals surface area contributed by atoms with Gasteiger partial charge in [0.15, 0.2) is 6.19 Å². The maximum Gasteiger partial charge on any atom is 0.182 e. The number of amidine groups is 1. The Kier molecular flexibility index (Phi) is 4.02. The summed E-state index contributed by atoms with van der Waals surface area (Å²) in [5.74, 6) is 1.15. The molecule has 0 radical (unpaired) electrons. The second-order valence-corrected chi connectivity index (χ2v) is 6.14. The van der Waals surface area contributed by atoms with Crippen molar-refractivity contribution >= 4 is 21.8 Å². The van der Waals surface area contributed by atoms with Gasteiger partial charge >= 0.3 is 0 Å². The number of aliphatic hydroxyl groups excluding tert-OH is 1. The first-order valence-corrected chi connectivity index (χ1v) is 7.00. The van der Waals surface area contributed by atoms with Crippen LogP contribution in [0.1, 0.15) is 32.4 Å². The number of benzene rings is 1. The van der Waals surface area contributed by atoms with E-state index >= 15 is 0 Å². The second kappa shape index (κ2) is 5.43. The van der Waals surface area contributed by atoms with E-state index in [9.17, 15) is 5.11 Å². The normalized spacial score (nSPS) is 24.3. The number of nitrogens with one attached hydrogen (secondary N) is 1. The van der Waals surface area contributed by atoms with Crippen LogP contribution in [0.25, 0.3) is 0 Å². The van der Waals surface area contributed by atoms with E-state index in [-0.39, 0.29) is 0 Å². The number of hydrogen-bond donors (Lipinski definition) is 2. The van der Waals surface area contributed by atoms with Gasteiger partial charge in [-0.2, -0.15) is 5.26 Å². The number of aliphatic hydroxyl groups is 1. The maximum absolute atomic E-state index is 10.5. The molecular formula is C14H16BrN3O2. The van der Waals surface area contributed by atoms with Gasteiger partial charge in [0.05, 0.1) is 0 Å². The molecule has 1 aromatic carbocycles. The lowest BCUT2D eigenvalue weighted by Crippen LogP contribution is -2.48. The zero-order valence-corrected chi connectivity index (χ0v) is 13.1. The van der Waals surface area contributed by atoms with Crippen LogP contribution in [-0.2, 0) is 0 Å². The van der Waals surface area contributed by atoms with Gasteiger partial charge in [0, 0.05) is 10.0 Å². The molecule has 0 spiro atoms. The number of ether oxygens (including phenoxy) is 1. The minimum atomic E-state index is -0.806. The fourth-order valence-electron chi connectivity index (χ4n) is 2.20. The quantitative estimate of drug-likeness (QED) is 0.357. The Labute approximate surface area is 126 Å². The number of rotatable bonds is 1. The largest absolute Gasteiger partial charge is 0.485 e. The lowest BCUT2D eigenvalue weighted by atomic mass is 9.87. The second-order valence-electron chi connectivity index (χ2n) is 5.23.